The van der Waals surface area contributed by atoms with Crippen molar-refractivity contribution in [3.8, 4) is 0 Å². The maximum atomic E-state index is 11.4. The molecule has 23 heavy (non-hydrogen) atoms. The van der Waals surface area contributed by atoms with Crippen molar-refractivity contribution in [3.63, 3.8) is 0 Å². The molecule has 3 atom stereocenters. The quantitative estimate of drug-likeness (QED) is 0.310. The summed E-state index contributed by atoms with van der Waals surface area (Å²) >= 11 is 0. The van der Waals surface area contributed by atoms with Crippen molar-refractivity contribution >= 4 is 22.2 Å². The van der Waals surface area contributed by atoms with E-state index in [0.717, 1.165) is 0 Å². The van der Waals surface area contributed by atoms with E-state index in [1.807, 2.05) is 0 Å². The van der Waals surface area contributed by atoms with Crippen LogP contribution in [0.15, 0.2) is 0 Å². The highest BCUT2D eigenvalue weighted by atomic mass is 32.2. The van der Waals surface area contributed by atoms with Crippen LogP contribution in [0.5, 0.6) is 0 Å². The van der Waals surface area contributed by atoms with E-state index in [1.54, 1.807) is 0 Å². The lowest BCUT2D eigenvalue weighted by Crippen LogP contribution is -2.41. The third-order valence-corrected chi connectivity index (χ3v) is 3.73. The van der Waals surface area contributed by atoms with Crippen molar-refractivity contribution < 1.29 is 41.9 Å². The van der Waals surface area contributed by atoms with E-state index in [9.17, 15) is 23.1 Å². The van der Waals surface area contributed by atoms with Crippen molar-refractivity contribution in [2.24, 2.45) is 0 Å². The Balaban J connectivity index is 2.25. The van der Waals surface area contributed by atoms with Crippen molar-refractivity contribution in [1.29, 1.82) is 0 Å². The minimum atomic E-state index is -4.06. The number of ether oxygens (including phenoxy) is 3. The van der Waals surface area contributed by atoms with Gasteiger partial charge in [-0.1, -0.05) is 0 Å². The Morgan fingerprint density at radius 1 is 1.35 bits per heavy atom. The molecule has 1 fully saturated rings. The van der Waals surface area contributed by atoms with Gasteiger partial charge in [0.05, 0.1) is 11.9 Å². The molecule has 1 amide bonds. The minimum absolute atomic E-state index is 0.0167. The molecule has 0 radical (unpaired) electrons. The van der Waals surface area contributed by atoms with E-state index in [0.29, 0.717) is 0 Å². The molecule has 0 aromatic rings. The summed E-state index contributed by atoms with van der Waals surface area (Å²) in [5.74, 6) is -0.935. The van der Waals surface area contributed by atoms with E-state index >= 15 is 0 Å². The van der Waals surface area contributed by atoms with Gasteiger partial charge in [0.1, 0.15) is 12.7 Å². The van der Waals surface area contributed by atoms with Crippen LogP contribution < -0.4 is 5.32 Å². The van der Waals surface area contributed by atoms with Gasteiger partial charge in [-0.3, -0.25) is 9.35 Å². The third-order valence-electron chi connectivity index (χ3n) is 2.92. The molecule has 0 spiro atoms. The van der Waals surface area contributed by atoms with Crippen LogP contribution in [-0.4, -0.2) is 67.5 Å². The van der Waals surface area contributed by atoms with E-state index in [-0.39, 0.29) is 32.4 Å². The molecule has 0 bridgehead atoms. The maximum absolute atomic E-state index is 11.4. The van der Waals surface area contributed by atoms with Crippen molar-refractivity contribution in [2.75, 3.05) is 18.9 Å². The van der Waals surface area contributed by atoms with Crippen LogP contribution in [0.25, 0.3) is 0 Å². The summed E-state index contributed by atoms with van der Waals surface area (Å²) in [6, 6.07) is 0. The molecule has 1 aliphatic rings. The number of amides is 1. The topological polar surface area (TPSA) is 148 Å². The summed E-state index contributed by atoms with van der Waals surface area (Å²) in [5.41, 5.74) is 0. The monoisotopic (exact) mass is 355 g/mol. The SMILES string of the molecule is CC(=O)OC1CC(O)OC(COC(=O)NCCCS(=O)(=O)O)C1. The molecule has 0 aromatic carbocycles. The Morgan fingerprint density at radius 2 is 2.04 bits per heavy atom. The normalized spacial score (nSPS) is 24.7. The second-order valence-corrected chi connectivity index (χ2v) is 6.65. The first-order chi connectivity index (χ1) is 10.7. The van der Waals surface area contributed by atoms with Gasteiger partial charge in [-0.2, -0.15) is 8.42 Å². The molecule has 0 saturated carbocycles. The molecular formula is C12H21NO9S. The zero-order valence-electron chi connectivity index (χ0n) is 12.6. The first-order valence-corrected chi connectivity index (χ1v) is 8.63. The highest BCUT2D eigenvalue weighted by molar-refractivity contribution is 7.85. The van der Waals surface area contributed by atoms with Crippen molar-refractivity contribution in [3.05, 3.63) is 0 Å². The Labute approximate surface area is 133 Å². The molecule has 0 aromatic heterocycles. The number of carbonyl (C=O) groups excluding carboxylic acids is 2. The van der Waals surface area contributed by atoms with Crippen LogP contribution in [0.4, 0.5) is 4.79 Å². The Bertz CT molecular complexity index is 507. The Hall–Kier alpha value is -1.43. The molecule has 1 rings (SSSR count). The predicted octanol–water partition coefficient (Wildman–Crippen LogP) is -0.580. The minimum Gasteiger partial charge on any atom is -0.462 e. The van der Waals surface area contributed by atoms with E-state index < -0.39 is 46.4 Å². The molecule has 3 N–H and O–H groups in total. The number of aliphatic hydroxyl groups is 1. The number of hydrogen-bond acceptors (Lipinski definition) is 8. The highest BCUT2D eigenvalue weighted by Crippen LogP contribution is 2.21. The van der Waals surface area contributed by atoms with Gasteiger partial charge in [0, 0.05) is 26.3 Å². The molecule has 134 valence electrons. The number of carbonyl (C=O) groups is 2. The van der Waals surface area contributed by atoms with Crippen LogP contribution in [0.1, 0.15) is 26.2 Å². The summed E-state index contributed by atoms with van der Waals surface area (Å²) in [6.07, 6.45) is -2.55. The van der Waals surface area contributed by atoms with Gasteiger partial charge in [-0.25, -0.2) is 4.79 Å². The standard InChI is InChI=1S/C12H21NO9S/c1-8(14)21-9-5-10(22-11(15)6-9)7-20-12(16)13-3-2-4-23(17,18)19/h9-11,15H,2-7H2,1H3,(H,13,16)(H,17,18,19). The number of rotatable bonds is 7. The fourth-order valence-electron chi connectivity index (χ4n) is 2.05. The van der Waals surface area contributed by atoms with Crippen molar-refractivity contribution in [1.82, 2.24) is 5.32 Å². The second kappa shape index (κ2) is 9.01. The second-order valence-electron chi connectivity index (χ2n) is 5.08. The average molecular weight is 355 g/mol. The first-order valence-electron chi connectivity index (χ1n) is 7.02. The summed E-state index contributed by atoms with van der Waals surface area (Å²) < 4.78 is 44.5. The predicted molar refractivity (Wildman–Crippen MR) is 76.1 cm³/mol. The third kappa shape index (κ3) is 9.33. The lowest BCUT2D eigenvalue weighted by molar-refractivity contribution is -0.206. The summed E-state index contributed by atoms with van der Waals surface area (Å²) in [7, 11) is -4.06. The summed E-state index contributed by atoms with van der Waals surface area (Å²) in [4.78, 5) is 22.3. The molecule has 3 unspecified atom stereocenters. The molecule has 1 saturated heterocycles. The van der Waals surface area contributed by atoms with Crippen molar-refractivity contribution in [2.45, 2.75) is 44.7 Å². The lowest BCUT2D eigenvalue weighted by atomic mass is 10.1. The average Bonchev–Trinajstić information content (AvgIpc) is 2.39. The van der Waals surface area contributed by atoms with E-state index in [4.69, 9.17) is 18.8 Å². The van der Waals surface area contributed by atoms with Gasteiger partial charge in [0.25, 0.3) is 10.1 Å². The lowest BCUT2D eigenvalue weighted by Gasteiger charge is -2.31. The van der Waals surface area contributed by atoms with Crippen LogP contribution in [-0.2, 0) is 29.1 Å². The zero-order valence-corrected chi connectivity index (χ0v) is 13.5. The Kier molecular flexibility index (Phi) is 7.68. The molecule has 0 aliphatic carbocycles. The van der Waals surface area contributed by atoms with Gasteiger partial charge < -0.3 is 24.6 Å². The number of esters is 1. The Morgan fingerprint density at radius 3 is 2.65 bits per heavy atom. The van der Waals surface area contributed by atoms with E-state index in [2.05, 4.69) is 5.32 Å². The zero-order chi connectivity index (χ0) is 17.5. The number of aliphatic hydroxyl groups excluding tert-OH is 1. The number of hydrogen-bond donors (Lipinski definition) is 3. The molecular weight excluding hydrogens is 334 g/mol. The van der Waals surface area contributed by atoms with Crippen LogP contribution >= 0.6 is 0 Å². The van der Waals surface area contributed by atoms with Crippen LogP contribution in [0, 0.1) is 0 Å². The molecule has 1 heterocycles. The highest BCUT2D eigenvalue weighted by Gasteiger charge is 2.31. The fraction of sp³-hybridized carbons (Fsp3) is 0.833. The number of nitrogens with one attached hydrogen (secondary N) is 1. The van der Waals surface area contributed by atoms with Gasteiger partial charge in [0.15, 0.2) is 6.29 Å². The van der Waals surface area contributed by atoms with Gasteiger partial charge in [-0.05, 0) is 6.42 Å². The smallest absolute Gasteiger partial charge is 0.407 e. The number of alkyl carbamates (subject to hydrolysis) is 1. The molecule has 1 aliphatic heterocycles. The van der Waals surface area contributed by atoms with E-state index in [1.165, 1.54) is 6.92 Å². The van der Waals surface area contributed by atoms with Gasteiger partial charge >= 0.3 is 12.1 Å². The van der Waals surface area contributed by atoms with Crippen LogP contribution in [0.3, 0.4) is 0 Å². The van der Waals surface area contributed by atoms with Gasteiger partial charge in [0.2, 0.25) is 0 Å². The largest absolute Gasteiger partial charge is 0.462 e. The maximum Gasteiger partial charge on any atom is 0.407 e. The van der Waals surface area contributed by atoms with Crippen LogP contribution in [0.2, 0.25) is 0 Å². The van der Waals surface area contributed by atoms with Gasteiger partial charge in [-0.15, -0.1) is 0 Å². The summed E-state index contributed by atoms with van der Waals surface area (Å²) in [6.45, 7) is 1.12. The summed E-state index contributed by atoms with van der Waals surface area (Å²) in [5, 5.41) is 11.8. The first kappa shape index (κ1) is 19.6. The molecule has 11 heteroatoms. The molecule has 10 nitrogen and oxygen atoms in total. The fourth-order valence-corrected chi connectivity index (χ4v) is 2.56.